The minimum Gasteiger partial charge on any atom is -1.00 e. The zero-order valence-corrected chi connectivity index (χ0v) is 12.0. The Morgan fingerprint density at radius 2 is 2.00 bits per heavy atom. The van der Waals surface area contributed by atoms with E-state index in [2.05, 4.69) is 20.2 Å². The summed E-state index contributed by atoms with van der Waals surface area (Å²) in [6.07, 6.45) is 7.02. The highest BCUT2D eigenvalue weighted by atomic mass is 127. The smallest absolute Gasteiger partial charge is 0.161 e. The summed E-state index contributed by atoms with van der Waals surface area (Å²) in [5.41, 5.74) is 1.09. The SMILES string of the molecule is CC(=O)C1=CCCC2CCC1[N+]2(C)C.[I-]. The van der Waals surface area contributed by atoms with Gasteiger partial charge in [0.15, 0.2) is 5.78 Å². The predicted molar refractivity (Wildman–Crippen MR) is 56.9 cm³/mol. The van der Waals surface area contributed by atoms with E-state index < -0.39 is 0 Å². The Bertz CT molecular complexity index is 296. The van der Waals surface area contributed by atoms with Crippen LogP contribution >= 0.6 is 0 Å². The molecule has 0 N–H and O–H groups in total. The number of rotatable bonds is 1. The number of likely N-dealkylation sites (N-methyl/N-ethyl adjacent to an activating group) is 1. The fourth-order valence-electron chi connectivity index (χ4n) is 3.21. The Labute approximate surface area is 109 Å². The summed E-state index contributed by atoms with van der Waals surface area (Å²) in [5.74, 6) is 0.281. The molecule has 15 heavy (non-hydrogen) atoms. The molecule has 2 unspecified atom stereocenters. The Morgan fingerprint density at radius 1 is 1.33 bits per heavy atom. The van der Waals surface area contributed by atoms with Gasteiger partial charge in [-0.25, -0.2) is 0 Å². The molecule has 0 aromatic carbocycles. The van der Waals surface area contributed by atoms with Gasteiger partial charge in [0.2, 0.25) is 0 Å². The zero-order valence-electron chi connectivity index (χ0n) is 9.79. The van der Waals surface area contributed by atoms with Gasteiger partial charge in [0, 0.05) is 24.8 Å². The van der Waals surface area contributed by atoms with E-state index in [1.54, 1.807) is 6.92 Å². The first-order valence-corrected chi connectivity index (χ1v) is 5.58. The number of halogens is 1. The largest absolute Gasteiger partial charge is 1.00 e. The molecular formula is C12H20INO. The van der Waals surface area contributed by atoms with E-state index in [1.165, 1.54) is 19.3 Å². The summed E-state index contributed by atoms with van der Waals surface area (Å²) in [4.78, 5) is 11.5. The standard InChI is InChI=1S/C12H20NO.HI/c1-9(14)11-6-4-5-10-7-8-12(11)13(10,2)3;/h6,10,12H,4-5,7-8H2,1-3H3;1H/q+1;/p-1. The van der Waals surface area contributed by atoms with Crippen LogP contribution in [-0.4, -0.2) is 36.4 Å². The first-order chi connectivity index (χ1) is 6.53. The van der Waals surface area contributed by atoms with Crippen LogP contribution in [0, 0.1) is 0 Å². The van der Waals surface area contributed by atoms with Crippen LogP contribution < -0.4 is 24.0 Å². The maximum atomic E-state index is 11.5. The molecule has 1 fully saturated rings. The summed E-state index contributed by atoms with van der Waals surface area (Å²) in [7, 11) is 4.56. The summed E-state index contributed by atoms with van der Waals surface area (Å²) in [6.45, 7) is 1.71. The average Bonchev–Trinajstić information content (AvgIpc) is 2.20. The summed E-state index contributed by atoms with van der Waals surface area (Å²) < 4.78 is 1.03. The fourth-order valence-corrected chi connectivity index (χ4v) is 3.21. The van der Waals surface area contributed by atoms with Crippen molar-refractivity contribution in [3.8, 4) is 0 Å². The fraction of sp³-hybridized carbons (Fsp3) is 0.750. The lowest BCUT2D eigenvalue weighted by Crippen LogP contribution is -3.00. The van der Waals surface area contributed by atoms with Crippen molar-refractivity contribution in [2.45, 2.75) is 44.7 Å². The molecule has 0 aromatic rings. The molecule has 2 rings (SSSR count). The van der Waals surface area contributed by atoms with Crippen LogP contribution in [0.3, 0.4) is 0 Å². The lowest BCUT2D eigenvalue weighted by atomic mass is 9.97. The number of hydrogen-bond donors (Lipinski definition) is 0. The van der Waals surface area contributed by atoms with Gasteiger partial charge in [-0.1, -0.05) is 6.08 Å². The van der Waals surface area contributed by atoms with Crippen molar-refractivity contribution in [2.75, 3.05) is 14.1 Å². The van der Waals surface area contributed by atoms with Crippen LogP contribution in [0.4, 0.5) is 0 Å². The van der Waals surface area contributed by atoms with E-state index in [0.29, 0.717) is 6.04 Å². The molecular weight excluding hydrogens is 301 g/mol. The number of ketones is 1. The second kappa shape index (κ2) is 4.53. The van der Waals surface area contributed by atoms with Crippen molar-refractivity contribution in [3.05, 3.63) is 11.6 Å². The van der Waals surface area contributed by atoms with Crippen LogP contribution in [0.15, 0.2) is 11.6 Å². The quantitative estimate of drug-likeness (QED) is 0.443. The third-order valence-corrected chi connectivity index (χ3v) is 4.15. The molecule has 2 aliphatic heterocycles. The van der Waals surface area contributed by atoms with E-state index in [1.807, 2.05) is 0 Å². The van der Waals surface area contributed by atoms with Crippen molar-refractivity contribution in [1.82, 2.24) is 0 Å². The number of quaternary nitrogens is 1. The van der Waals surface area contributed by atoms with Crippen molar-refractivity contribution in [3.63, 3.8) is 0 Å². The van der Waals surface area contributed by atoms with Gasteiger partial charge in [0.1, 0.15) is 6.04 Å². The first kappa shape index (κ1) is 13.2. The van der Waals surface area contributed by atoms with Gasteiger partial charge in [-0.2, -0.15) is 0 Å². The van der Waals surface area contributed by atoms with Crippen molar-refractivity contribution in [2.24, 2.45) is 0 Å². The number of Topliss-reactive ketones (excluding diaryl/α,β-unsaturated/α-hetero) is 1. The lowest BCUT2D eigenvalue weighted by Gasteiger charge is -2.36. The number of hydrogen-bond acceptors (Lipinski definition) is 1. The minimum atomic E-state index is 0. The summed E-state index contributed by atoms with van der Waals surface area (Å²) in [6, 6.07) is 1.24. The molecule has 2 heterocycles. The number of nitrogens with zero attached hydrogens (tertiary/aromatic N) is 1. The third-order valence-electron chi connectivity index (χ3n) is 4.15. The van der Waals surface area contributed by atoms with Gasteiger partial charge in [-0.15, -0.1) is 0 Å². The minimum absolute atomic E-state index is 0. The normalized spacial score (nSPS) is 32.6. The summed E-state index contributed by atoms with van der Waals surface area (Å²) in [5, 5.41) is 0. The highest BCUT2D eigenvalue weighted by Crippen LogP contribution is 2.38. The molecule has 2 nitrogen and oxygen atoms in total. The van der Waals surface area contributed by atoms with Crippen LogP contribution in [0.2, 0.25) is 0 Å². The maximum absolute atomic E-state index is 11.5. The van der Waals surface area contributed by atoms with Gasteiger partial charge < -0.3 is 28.5 Å². The Morgan fingerprint density at radius 3 is 2.60 bits per heavy atom. The lowest BCUT2D eigenvalue weighted by molar-refractivity contribution is -0.919. The van der Waals surface area contributed by atoms with Gasteiger partial charge in [0.05, 0.1) is 20.1 Å². The van der Waals surface area contributed by atoms with Gasteiger partial charge in [-0.05, 0) is 13.3 Å². The monoisotopic (exact) mass is 321 g/mol. The number of carbonyl (C=O) groups is 1. The molecule has 0 aromatic heterocycles. The second-order valence-corrected chi connectivity index (χ2v) is 5.17. The molecule has 3 heteroatoms. The molecule has 0 saturated carbocycles. The van der Waals surface area contributed by atoms with Crippen molar-refractivity contribution >= 4 is 5.78 Å². The molecule has 0 aliphatic carbocycles. The van der Waals surface area contributed by atoms with Crippen LogP contribution in [-0.2, 0) is 4.79 Å². The average molecular weight is 321 g/mol. The highest BCUT2D eigenvalue weighted by Gasteiger charge is 2.46. The Balaban J connectivity index is 0.00000112. The van der Waals surface area contributed by atoms with Crippen LogP contribution in [0.5, 0.6) is 0 Å². The summed E-state index contributed by atoms with van der Waals surface area (Å²) >= 11 is 0. The number of carbonyl (C=O) groups excluding carboxylic acids is 1. The Kier molecular flexibility index (Phi) is 3.98. The molecule has 2 aliphatic rings. The van der Waals surface area contributed by atoms with E-state index in [0.717, 1.165) is 22.5 Å². The van der Waals surface area contributed by atoms with E-state index in [-0.39, 0.29) is 29.8 Å². The maximum Gasteiger partial charge on any atom is 0.161 e. The molecule has 0 spiro atoms. The van der Waals surface area contributed by atoms with E-state index >= 15 is 0 Å². The van der Waals surface area contributed by atoms with Crippen molar-refractivity contribution < 1.29 is 33.3 Å². The molecule has 2 bridgehead atoms. The second-order valence-electron chi connectivity index (χ2n) is 5.17. The molecule has 2 atom stereocenters. The molecule has 0 amide bonds. The van der Waals surface area contributed by atoms with Gasteiger partial charge in [0.25, 0.3) is 0 Å². The van der Waals surface area contributed by atoms with Gasteiger partial charge in [-0.3, -0.25) is 4.79 Å². The molecule has 0 radical (unpaired) electrons. The molecule has 1 saturated heterocycles. The third kappa shape index (κ3) is 2.13. The first-order valence-electron chi connectivity index (χ1n) is 5.58. The zero-order chi connectivity index (χ0) is 10.3. The van der Waals surface area contributed by atoms with Gasteiger partial charge >= 0.3 is 0 Å². The number of fused-ring (bicyclic) bond motifs is 2. The van der Waals surface area contributed by atoms with Crippen LogP contribution in [0.25, 0.3) is 0 Å². The van der Waals surface area contributed by atoms with Crippen molar-refractivity contribution in [1.29, 1.82) is 0 Å². The predicted octanol–water partition coefficient (Wildman–Crippen LogP) is -1.09. The number of allylic oxidation sites excluding steroid dienone is 1. The highest BCUT2D eigenvalue weighted by molar-refractivity contribution is 5.94. The Hall–Kier alpha value is 0.1000. The van der Waals surface area contributed by atoms with E-state index in [4.69, 9.17) is 0 Å². The van der Waals surface area contributed by atoms with Crippen LogP contribution in [0.1, 0.15) is 32.6 Å². The topological polar surface area (TPSA) is 17.1 Å². The molecule has 86 valence electrons. The van der Waals surface area contributed by atoms with E-state index in [9.17, 15) is 4.79 Å².